The standard InChI is InChI=1S/C11H15NO3S2/c1-8-7-10(8)11(13)12-17(14,15)6-4-9-3-2-5-16-9/h2-3,5,8,10H,4,6-7H2,1H3,(H,12,13). The fraction of sp³-hybridized carbons (Fsp3) is 0.545. The Morgan fingerprint density at radius 2 is 2.29 bits per heavy atom. The predicted molar refractivity (Wildman–Crippen MR) is 67.2 cm³/mol. The lowest BCUT2D eigenvalue weighted by Gasteiger charge is -2.05. The molecule has 0 aromatic carbocycles. The van der Waals surface area contributed by atoms with Crippen LogP contribution in [-0.4, -0.2) is 20.1 Å². The van der Waals surface area contributed by atoms with E-state index in [2.05, 4.69) is 4.72 Å². The van der Waals surface area contributed by atoms with Gasteiger partial charge in [0.1, 0.15) is 0 Å². The maximum atomic E-state index is 11.6. The molecular formula is C11H15NO3S2. The Bertz CT molecular complexity index is 493. The minimum atomic E-state index is -3.48. The molecule has 17 heavy (non-hydrogen) atoms. The van der Waals surface area contributed by atoms with Crippen molar-refractivity contribution in [2.75, 3.05) is 5.75 Å². The molecule has 0 aliphatic heterocycles. The van der Waals surface area contributed by atoms with Gasteiger partial charge in [0.15, 0.2) is 0 Å². The second kappa shape index (κ2) is 4.78. The molecule has 1 aliphatic rings. The number of thiophene rings is 1. The minimum absolute atomic E-state index is 0.0274. The fourth-order valence-corrected chi connectivity index (χ4v) is 3.54. The van der Waals surface area contributed by atoms with E-state index in [1.54, 1.807) is 0 Å². The second-order valence-corrected chi connectivity index (χ2v) is 7.31. The lowest BCUT2D eigenvalue weighted by atomic mass is 10.3. The highest BCUT2D eigenvalue weighted by Crippen LogP contribution is 2.37. The van der Waals surface area contributed by atoms with E-state index in [9.17, 15) is 13.2 Å². The summed E-state index contributed by atoms with van der Waals surface area (Å²) in [5, 5.41) is 1.91. The van der Waals surface area contributed by atoms with E-state index in [0.717, 1.165) is 11.3 Å². The summed E-state index contributed by atoms with van der Waals surface area (Å²) in [7, 11) is -3.48. The van der Waals surface area contributed by atoms with E-state index >= 15 is 0 Å². The number of sulfonamides is 1. The Labute approximate surface area is 105 Å². The van der Waals surface area contributed by atoms with Crippen molar-refractivity contribution < 1.29 is 13.2 Å². The van der Waals surface area contributed by atoms with Crippen molar-refractivity contribution in [2.24, 2.45) is 11.8 Å². The van der Waals surface area contributed by atoms with E-state index in [0.29, 0.717) is 12.3 Å². The molecule has 2 unspecified atom stereocenters. The maximum absolute atomic E-state index is 11.6. The van der Waals surface area contributed by atoms with Gasteiger partial charge in [-0.25, -0.2) is 8.42 Å². The van der Waals surface area contributed by atoms with Gasteiger partial charge in [0.2, 0.25) is 15.9 Å². The van der Waals surface area contributed by atoms with Crippen LogP contribution < -0.4 is 4.72 Å². The topological polar surface area (TPSA) is 63.2 Å². The van der Waals surface area contributed by atoms with Crippen molar-refractivity contribution in [1.82, 2.24) is 4.72 Å². The summed E-state index contributed by atoms with van der Waals surface area (Å²) < 4.78 is 25.4. The van der Waals surface area contributed by atoms with Crippen LogP contribution in [0.5, 0.6) is 0 Å². The highest BCUT2D eigenvalue weighted by Gasteiger charge is 2.40. The molecule has 1 amide bonds. The zero-order chi connectivity index (χ0) is 12.5. The van der Waals surface area contributed by atoms with Gasteiger partial charge in [-0.05, 0) is 30.2 Å². The average Bonchev–Trinajstić information content (AvgIpc) is 2.79. The van der Waals surface area contributed by atoms with Gasteiger partial charge in [0.25, 0.3) is 0 Å². The minimum Gasteiger partial charge on any atom is -0.274 e. The van der Waals surface area contributed by atoms with Crippen LogP contribution >= 0.6 is 11.3 Å². The van der Waals surface area contributed by atoms with Crippen molar-refractivity contribution in [3.05, 3.63) is 22.4 Å². The van der Waals surface area contributed by atoms with E-state index < -0.39 is 10.0 Å². The summed E-state index contributed by atoms with van der Waals surface area (Å²) in [6, 6.07) is 3.78. The van der Waals surface area contributed by atoms with E-state index in [1.165, 1.54) is 11.3 Å². The van der Waals surface area contributed by atoms with Crippen LogP contribution in [0.1, 0.15) is 18.2 Å². The summed E-state index contributed by atoms with van der Waals surface area (Å²) in [6.07, 6.45) is 1.26. The van der Waals surface area contributed by atoms with Gasteiger partial charge >= 0.3 is 0 Å². The molecule has 4 nitrogen and oxygen atoms in total. The predicted octanol–water partition coefficient (Wildman–Crippen LogP) is 1.39. The molecule has 0 bridgehead atoms. The molecule has 1 heterocycles. The van der Waals surface area contributed by atoms with Gasteiger partial charge in [0.05, 0.1) is 5.75 Å². The Morgan fingerprint density at radius 3 is 2.82 bits per heavy atom. The number of aryl methyl sites for hydroxylation is 1. The number of rotatable bonds is 5. The molecule has 1 fully saturated rings. The van der Waals surface area contributed by atoms with Crippen molar-refractivity contribution in [3.63, 3.8) is 0 Å². The van der Waals surface area contributed by atoms with Gasteiger partial charge in [-0.1, -0.05) is 13.0 Å². The zero-order valence-corrected chi connectivity index (χ0v) is 11.2. The summed E-state index contributed by atoms with van der Waals surface area (Å²) in [5.41, 5.74) is 0. The van der Waals surface area contributed by atoms with E-state index in [1.807, 2.05) is 24.4 Å². The van der Waals surface area contributed by atoms with Gasteiger partial charge in [-0.3, -0.25) is 9.52 Å². The third kappa shape index (κ3) is 3.54. The van der Waals surface area contributed by atoms with Crippen molar-refractivity contribution in [1.29, 1.82) is 0 Å². The normalized spacial score (nSPS) is 23.4. The molecular weight excluding hydrogens is 258 g/mol. The largest absolute Gasteiger partial charge is 0.274 e. The SMILES string of the molecule is CC1CC1C(=O)NS(=O)(=O)CCc1cccs1. The third-order valence-corrected chi connectivity index (χ3v) is 5.09. The Morgan fingerprint density at radius 1 is 1.59 bits per heavy atom. The van der Waals surface area contributed by atoms with Crippen molar-refractivity contribution in [3.8, 4) is 0 Å². The molecule has 0 saturated heterocycles. The van der Waals surface area contributed by atoms with Crippen molar-refractivity contribution in [2.45, 2.75) is 19.8 Å². The first kappa shape index (κ1) is 12.6. The first-order valence-electron chi connectivity index (χ1n) is 5.54. The first-order valence-corrected chi connectivity index (χ1v) is 8.08. The molecule has 2 atom stereocenters. The number of amides is 1. The van der Waals surface area contributed by atoms with Gasteiger partial charge in [-0.2, -0.15) is 0 Å². The molecule has 94 valence electrons. The summed E-state index contributed by atoms with van der Waals surface area (Å²) >= 11 is 1.52. The lowest BCUT2D eigenvalue weighted by molar-refractivity contribution is -0.120. The molecule has 1 N–H and O–H groups in total. The molecule has 0 radical (unpaired) electrons. The number of carbonyl (C=O) groups excluding carboxylic acids is 1. The number of carbonyl (C=O) groups is 1. The highest BCUT2D eigenvalue weighted by molar-refractivity contribution is 7.90. The monoisotopic (exact) mass is 273 g/mol. The smallest absolute Gasteiger partial charge is 0.236 e. The molecule has 1 aromatic heterocycles. The second-order valence-electron chi connectivity index (χ2n) is 4.43. The first-order chi connectivity index (χ1) is 7.98. The molecule has 1 saturated carbocycles. The van der Waals surface area contributed by atoms with Gasteiger partial charge < -0.3 is 0 Å². The van der Waals surface area contributed by atoms with Crippen LogP contribution in [-0.2, 0) is 21.2 Å². The highest BCUT2D eigenvalue weighted by atomic mass is 32.2. The van der Waals surface area contributed by atoms with Gasteiger partial charge in [0, 0.05) is 10.8 Å². The van der Waals surface area contributed by atoms with Crippen LogP contribution in [0, 0.1) is 11.8 Å². The van der Waals surface area contributed by atoms with Crippen LogP contribution in [0.25, 0.3) is 0 Å². The average molecular weight is 273 g/mol. The third-order valence-electron chi connectivity index (χ3n) is 2.90. The Balaban J connectivity index is 1.84. The number of nitrogens with one attached hydrogen (secondary N) is 1. The Hall–Kier alpha value is -0.880. The van der Waals surface area contributed by atoms with Crippen LogP contribution in [0.2, 0.25) is 0 Å². The molecule has 2 rings (SSSR count). The zero-order valence-electron chi connectivity index (χ0n) is 9.55. The van der Waals surface area contributed by atoms with Crippen molar-refractivity contribution >= 4 is 27.3 Å². The van der Waals surface area contributed by atoms with E-state index in [-0.39, 0.29) is 17.6 Å². The lowest BCUT2D eigenvalue weighted by Crippen LogP contribution is -2.34. The summed E-state index contributed by atoms with van der Waals surface area (Å²) in [6.45, 7) is 1.95. The van der Waals surface area contributed by atoms with Crippen LogP contribution in [0.3, 0.4) is 0 Å². The number of hydrogen-bond donors (Lipinski definition) is 1. The Kier molecular flexibility index (Phi) is 3.53. The summed E-state index contributed by atoms with van der Waals surface area (Å²) in [5.74, 6) is -0.155. The molecule has 0 spiro atoms. The van der Waals surface area contributed by atoms with E-state index in [4.69, 9.17) is 0 Å². The van der Waals surface area contributed by atoms with Gasteiger partial charge in [-0.15, -0.1) is 11.3 Å². The molecule has 1 aromatic rings. The van der Waals surface area contributed by atoms with Crippen LogP contribution in [0.15, 0.2) is 17.5 Å². The van der Waals surface area contributed by atoms with Crippen LogP contribution in [0.4, 0.5) is 0 Å². The fourth-order valence-electron chi connectivity index (χ4n) is 1.66. The number of hydrogen-bond acceptors (Lipinski definition) is 4. The maximum Gasteiger partial charge on any atom is 0.236 e. The molecule has 6 heteroatoms. The summed E-state index contributed by atoms with van der Waals surface area (Å²) in [4.78, 5) is 12.5. The quantitative estimate of drug-likeness (QED) is 0.882. The molecule has 1 aliphatic carbocycles.